The van der Waals surface area contributed by atoms with Crippen LogP contribution >= 0.6 is 0 Å². The van der Waals surface area contributed by atoms with Crippen molar-refractivity contribution in [2.45, 2.75) is 70.9 Å². The van der Waals surface area contributed by atoms with Crippen molar-refractivity contribution in [1.82, 2.24) is 36.1 Å². The Bertz CT molecular complexity index is 1660. The normalized spacial score (nSPS) is 19.3. The number of methoxy groups -OCH3 is 2. The lowest BCUT2D eigenvalue weighted by atomic mass is 9.99. The number of carbonyl (C=O) groups excluding carboxylic acids is 3. The highest BCUT2D eigenvalue weighted by Crippen LogP contribution is 2.34. The largest absolute Gasteiger partial charge is 0.453 e. The van der Waals surface area contributed by atoms with Crippen LogP contribution in [0.2, 0.25) is 0 Å². The summed E-state index contributed by atoms with van der Waals surface area (Å²) >= 11 is 0. The summed E-state index contributed by atoms with van der Waals surface area (Å²) in [6, 6.07) is 15.0. The average Bonchev–Trinajstić information content (AvgIpc) is 3.90. The summed E-state index contributed by atoms with van der Waals surface area (Å²) in [7, 11) is 2.57. The maximum absolute atomic E-state index is 12.8. The third-order valence-corrected chi connectivity index (χ3v) is 9.29. The smallest absolute Gasteiger partial charge is 0.407 e. The van der Waals surface area contributed by atoms with Gasteiger partial charge in [-0.05, 0) is 46.9 Å². The highest BCUT2D eigenvalue weighted by Gasteiger charge is 2.38. The van der Waals surface area contributed by atoms with Gasteiger partial charge in [0.15, 0.2) is 5.96 Å². The first-order valence-corrected chi connectivity index (χ1v) is 17.0. The Balaban J connectivity index is 1.19. The van der Waals surface area contributed by atoms with Gasteiger partial charge < -0.3 is 35.5 Å². The van der Waals surface area contributed by atoms with Crippen molar-refractivity contribution in [2.24, 2.45) is 16.8 Å². The zero-order valence-corrected chi connectivity index (χ0v) is 29.4. The lowest BCUT2D eigenvalue weighted by Gasteiger charge is -2.35. The molecule has 14 nitrogen and oxygen atoms in total. The molecule has 2 aliphatic heterocycles. The number of aromatic nitrogens is 2. The number of guanidine groups is 1. The second-order valence-electron chi connectivity index (χ2n) is 13.3. The van der Waals surface area contributed by atoms with Crippen LogP contribution in [0.15, 0.2) is 59.7 Å². The minimum absolute atomic E-state index is 0.00472. The molecule has 0 spiro atoms. The highest BCUT2D eigenvalue weighted by molar-refractivity contribution is 6.01. The number of nitrogens with one attached hydrogen (secondary N) is 5. The number of amides is 3. The number of H-pyrrole nitrogens is 1. The molecule has 3 aromatic rings. The molecule has 5 atom stereocenters. The number of alkyl carbamates (subject to hydrolysis) is 2. The first kappa shape index (κ1) is 36.3. The van der Waals surface area contributed by atoms with E-state index in [0.717, 1.165) is 46.6 Å². The van der Waals surface area contributed by atoms with Crippen LogP contribution in [0.1, 0.15) is 64.0 Å². The van der Waals surface area contributed by atoms with Crippen molar-refractivity contribution in [3.05, 3.63) is 66.1 Å². The summed E-state index contributed by atoms with van der Waals surface area (Å²) in [5.41, 5.74) is 5.02. The Labute approximate surface area is 292 Å². The SMILES string of the molecule is COC(=O)NC(C(=O)NC1=NCC(c2ccc(-c3ccc(-c4cnc([C@@H]5CCCN5C(O)[C@@H](NC(=O)OC)C(C)C)[nH]4)cc3)cc2)N1)C(C)C. The van der Waals surface area contributed by atoms with Gasteiger partial charge in [0.1, 0.15) is 18.1 Å². The topological polar surface area (TPSA) is 182 Å². The second-order valence-corrected chi connectivity index (χ2v) is 13.3. The van der Waals surface area contributed by atoms with E-state index in [1.807, 2.05) is 50.9 Å². The fourth-order valence-electron chi connectivity index (χ4n) is 6.41. The summed E-state index contributed by atoms with van der Waals surface area (Å²) in [5, 5.41) is 22.7. The summed E-state index contributed by atoms with van der Waals surface area (Å²) < 4.78 is 9.42. The maximum atomic E-state index is 12.8. The van der Waals surface area contributed by atoms with Crippen LogP contribution in [-0.2, 0) is 14.3 Å². The van der Waals surface area contributed by atoms with Gasteiger partial charge in [-0.1, -0.05) is 76.2 Å². The zero-order valence-electron chi connectivity index (χ0n) is 29.4. The molecule has 50 heavy (non-hydrogen) atoms. The number of aliphatic hydroxyl groups is 1. The van der Waals surface area contributed by atoms with Gasteiger partial charge in [0.2, 0.25) is 5.91 Å². The lowest BCUT2D eigenvalue weighted by Crippen LogP contribution is -2.54. The van der Waals surface area contributed by atoms with Gasteiger partial charge in [0, 0.05) is 6.54 Å². The Morgan fingerprint density at radius 2 is 1.52 bits per heavy atom. The van der Waals surface area contributed by atoms with Gasteiger partial charge >= 0.3 is 12.2 Å². The number of nitrogens with zero attached hydrogens (tertiary/aromatic N) is 3. The Kier molecular flexibility index (Phi) is 11.8. The Hall–Kier alpha value is -4.95. The number of imidazole rings is 1. The molecular formula is C36H48N8O6. The van der Waals surface area contributed by atoms with Crippen molar-refractivity contribution in [3.63, 3.8) is 0 Å². The molecule has 1 aromatic heterocycles. The van der Waals surface area contributed by atoms with Crippen molar-refractivity contribution in [1.29, 1.82) is 0 Å². The number of hydrogen-bond acceptors (Lipinski definition) is 10. The van der Waals surface area contributed by atoms with Crippen LogP contribution in [0.5, 0.6) is 0 Å². The van der Waals surface area contributed by atoms with Crippen LogP contribution in [0, 0.1) is 11.8 Å². The van der Waals surface area contributed by atoms with Crippen LogP contribution in [0.4, 0.5) is 9.59 Å². The van der Waals surface area contributed by atoms with E-state index in [1.165, 1.54) is 14.2 Å². The lowest BCUT2D eigenvalue weighted by molar-refractivity contribution is -0.122. The van der Waals surface area contributed by atoms with Gasteiger partial charge in [-0.25, -0.2) is 14.6 Å². The van der Waals surface area contributed by atoms with Crippen LogP contribution in [0.25, 0.3) is 22.4 Å². The van der Waals surface area contributed by atoms with E-state index in [-0.39, 0.29) is 29.8 Å². The molecule has 0 aliphatic carbocycles. The Morgan fingerprint density at radius 3 is 2.14 bits per heavy atom. The zero-order chi connectivity index (χ0) is 35.9. The highest BCUT2D eigenvalue weighted by atomic mass is 16.5. The fourth-order valence-corrected chi connectivity index (χ4v) is 6.41. The number of benzene rings is 2. The molecule has 5 rings (SSSR count). The number of carbonyl (C=O) groups is 3. The molecule has 3 amide bonds. The molecule has 3 unspecified atom stereocenters. The standard InChI is InChI=1S/C36H48N8O6/c1-20(2)29(41-35(47)49-5)32(45)43-34-38-19-27(40-34)25-15-11-23(12-16-25)22-9-13-24(14-10-22)26-18-37-31(39-26)28-8-7-17-44(28)33(46)30(21(3)4)42-36(48)50-6/h9-16,18,20-21,27-30,33,46H,7-8,17,19H2,1-6H3,(H,37,39)(H,41,47)(H,42,48)(H2,38,40,43,45)/t27?,28-,29?,30-,33?/m0/s1. The van der Waals surface area contributed by atoms with Gasteiger partial charge in [0.25, 0.3) is 0 Å². The molecule has 2 aromatic carbocycles. The summed E-state index contributed by atoms with van der Waals surface area (Å²) in [6.07, 6.45) is 1.45. The monoisotopic (exact) mass is 688 g/mol. The Morgan fingerprint density at radius 1 is 0.900 bits per heavy atom. The van der Waals surface area contributed by atoms with Gasteiger partial charge in [-0.2, -0.15) is 0 Å². The van der Waals surface area contributed by atoms with E-state index < -0.39 is 30.5 Å². The summed E-state index contributed by atoms with van der Waals surface area (Å²) in [5.74, 6) is 0.629. The number of ether oxygens (including phenoxy) is 2. The van der Waals surface area contributed by atoms with Crippen LogP contribution in [0.3, 0.4) is 0 Å². The first-order chi connectivity index (χ1) is 24.0. The van der Waals surface area contributed by atoms with E-state index in [1.54, 1.807) is 0 Å². The number of aliphatic hydroxyl groups excluding tert-OH is 1. The van der Waals surface area contributed by atoms with Crippen LogP contribution in [-0.4, -0.2) is 89.6 Å². The molecule has 0 radical (unpaired) electrons. The second kappa shape index (κ2) is 16.2. The molecule has 1 saturated heterocycles. The minimum atomic E-state index is -0.889. The van der Waals surface area contributed by atoms with E-state index in [0.29, 0.717) is 19.0 Å². The molecule has 0 bridgehead atoms. The number of rotatable bonds is 11. The molecular weight excluding hydrogens is 640 g/mol. The first-order valence-electron chi connectivity index (χ1n) is 17.0. The predicted octanol–water partition coefficient (Wildman–Crippen LogP) is 4.08. The molecule has 2 aliphatic rings. The number of hydrogen-bond donors (Lipinski definition) is 6. The van der Waals surface area contributed by atoms with Crippen molar-refractivity contribution in [2.75, 3.05) is 27.3 Å². The predicted molar refractivity (Wildman–Crippen MR) is 189 cm³/mol. The van der Waals surface area contributed by atoms with E-state index in [9.17, 15) is 19.5 Å². The molecule has 6 N–H and O–H groups in total. The van der Waals surface area contributed by atoms with E-state index in [4.69, 9.17) is 4.74 Å². The fraction of sp³-hybridized carbons (Fsp3) is 0.472. The summed E-state index contributed by atoms with van der Waals surface area (Å²) in [6.45, 7) is 8.75. The number of aromatic amines is 1. The molecule has 268 valence electrons. The van der Waals surface area contributed by atoms with Crippen molar-refractivity contribution < 1.29 is 29.0 Å². The van der Waals surface area contributed by atoms with Crippen molar-refractivity contribution in [3.8, 4) is 22.4 Å². The number of likely N-dealkylation sites (tertiary alicyclic amines) is 1. The third-order valence-electron chi connectivity index (χ3n) is 9.29. The molecule has 1 fully saturated rings. The number of aliphatic imine (C=N–C) groups is 1. The minimum Gasteiger partial charge on any atom is -0.453 e. The third kappa shape index (κ3) is 8.43. The van der Waals surface area contributed by atoms with Gasteiger partial charge in [0.05, 0.1) is 50.8 Å². The average molecular weight is 689 g/mol. The van der Waals surface area contributed by atoms with Crippen molar-refractivity contribution >= 4 is 24.1 Å². The maximum Gasteiger partial charge on any atom is 0.407 e. The van der Waals surface area contributed by atoms with Gasteiger partial charge in [-0.15, -0.1) is 0 Å². The summed E-state index contributed by atoms with van der Waals surface area (Å²) in [4.78, 5) is 51.0. The molecule has 3 heterocycles. The molecule has 14 heteroatoms. The van der Waals surface area contributed by atoms with Gasteiger partial charge in [-0.3, -0.25) is 20.0 Å². The van der Waals surface area contributed by atoms with E-state index in [2.05, 4.69) is 77.4 Å². The quantitative estimate of drug-likeness (QED) is 0.173. The molecule has 0 saturated carbocycles. The van der Waals surface area contributed by atoms with E-state index >= 15 is 0 Å². The van der Waals surface area contributed by atoms with Crippen LogP contribution < -0.4 is 21.3 Å².